The number of likely N-dealkylation sites (tertiary alicyclic amines) is 1. The molecule has 1 saturated heterocycles. The number of carbonyl (C=O) groups excluding carboxylic acids is 2. The van der Waals surface area contributed by atoms with Gasteiger partial charge in [-0.05, 0) is 43.5 Å². The van der Waals surface area contributed by atoms with E-state index in [0.717, 1.165) is 31.5 Å². The Labute approximate surface area is 163 Å². The summed E-state index contributed by atoms with van der Waals surface area (Å²) < 4.78 is 13.6. The molecule has 1 heterocycles. The highest BCUT2D eigenvalue weighted by atomic mass is 32.2. The summed E-state index contributed by atoms with van der Waals surface area (Å²) in [5.41, 5.74) is 1.97. The molecular weight excluding hydrogens is 363 g/mol. The zero-order chi connectivity index (χ0) is 19.2. The molecule has 1 fully saturated rings. The van der Waals surface area contributed by atoms with Crippen LogP contribution >= 0.6 is 11.8 Å². The van der Waals surface area contributed by atoms with Gasteiger partial charge in [-0.2, -0.15) is 0 Å². The van der Waals surface area contributed by atoms with E-state index >= 15 is 0 Å². The predicted octanol–water partition coefficient (Wildman–Crippen LogP) is 4.49. The monoisotopic (exact) mass is 386 g/mol. The summed E-state index contributed by atoms with van der Waals surface area (Å²) in [6.45, 7) is 3.41. The van der Waals surface area contributed by atoms with Gasteiger partial charge >= 0.3 is 0 Å². The quantitative estimate of drug-likeness (QED) is 0.744. The summed E-state index contributed by atoms with van der Waals surface area (Å²) in [6, 6.07) is 12.0. The number of rotatable bonds is 6. The number of hydrogen-bond donors (Lipinski definition) is 1. The van der Waals surface area contributed by atoms with E-state index in [1.165, 1.54) is 17.8 Å². The number of aryl methyl sites for hydroxylation is 1. The van der Waals surface area contributed by atoms with Crippen LogP contribution in [0.1, 0.15) is 35.2 Å². The van der Waals surface area contributed by atoms with Crippen LogP contribution in [0.15, 0.2) is 47.4 Å². The Morgan fingerprint density at radius 3 is 2.59 bits per heavy atom. The first-order valence-corrected chi connectivity index (χ1v) is 10.1. The van der Waals surface area contributed by atoms with E-state index in [1.54, 1.807) is 24.3 Å². The maximum absolute atomic E-state index is 13.6. The Hall–Kier alpha value is -2.34. The molecule has 27 heavy (non-hydrogen) atoms. The van der Waals surface area contributed by atoms with E-state index in [1.807, 2.05) is 24.0 Å². The number of nitrogens with one attached hydrogen (secondary N) is 1. The lowest BCUT2D eigenvalue weighted by Gasteiger charge is -2.19. The molecule has 0 unspecified atom stereocenters. The van der Waals surface area contributed by atoms with Gasteiger partial charge in [-0.15, -0.1) is 11.8 Å². The minimum Gasteiger partial charge on any atom is -0.339 e. The number of halogens is 1. The van der Waals surface area contributed by atoms with E-state index in [9.17, 15) is 14.0 Å². The van der Waals surface area contributed by atoms with Gasteiger partial charge in [0.1, 0.15) is 5.82 Å². The van der Waals surface area contributed by atoms with Crippen LogP contribution in [0.3, 0.4) is 0 Å². The van der Waals surface area contributed by atoms with Crippen molar-refractivity contribution in [3.8, 4) is 0 Å². The normalized spacial score (nSPS) is 13.6. The summed E-state index contributed by atoms with van der Waals surface area (Å²) in [6.07, 6.45) is 2.28. The van der Waals surface area contributed by atoms with Crippen LogP contribution in [0.2, 0.25) is 0 Å². The molecule has 4 nitrogen and oxygen atoms in total. The second-order valence-electron chi connectivity index (χ2n) is 6.57. The van der Waals surface area contributed by atoms with Crippen molar-refractivity contribution in [1.29, 1.82) is 0 Å². The fraction of sp³-hybridized carbons (Fsp3) is 0.333. The molecule has 6 heteroatoms. The van der Waals surface area contributed by atoms with Gasteiger partial charge in [0.15, 0.2) is 0 Å². The summed E-state index contributed by atoms with van der Waals surface area (Å²) in [4.78, 5) is 27.5. The number of thioether (sulfide) groups is 1. The highest BCUT2D eigenvalue weighted by Crippen LogP contribution is 2.25. The van der Waals surface area contributed by atoms with Crippen molar-refractivity contribution in [3.63, 3.8) is 0 Å². The largest absolute Gasteiger partial charge is 0.339 e. The molecule has 0 aliphatic carbocycles. The Morgan fingerprint density at radius 1 is 1.11 bits per heavy atom. The van der Waals surface area contributed by atoms with Crippen LogP contribution < -0.4 is 5.32 Å². The number of benzene rings is 2. The molecule has 0 atom stereocenters. The predicted molar refractivity (Wildman–Crippen MR) is 107 cm³/mol. The standard InChI is InChI=1S/C21H23FN2O2S/c1-15-7-6-8-16(21(26)24-12-4-5-13-24)20(15)23-19(25)11-14-27-18-10-3-2-9-17(18)22/h2-3,6-10H,4-5,11-14H2,1H3,(H,23,25). The Morgan fingerprint density at radius 2 is 1.85 bits per heavy atom. The van der Waals surface area contributed by atoms with Crippen molar-refractivity contribution in [2.45, 2.75) is 31.1 Å². The van der Waals surface area contributed by atoms with Crippen LogP contribution in [-0.2, 0) is 4.79 Å². The molecule has 1 N–H and O–H groups in total. The van der Waals surface area contributed by atoms with Crippen molar-refractivity contribution in [2.75, 3.05) is 24.2 Å². The topological polar surface area (TPSA) is 49.4 Å². The third-order valence-corrected chi connectivity index (χ3v) is 5.63. The highest BCUT2D eigenvalue weighted by Gasteiger charge is 2.23. The number of nitrogens with zero attached hydrogens (tertiary/aromatic N) is 1. The lowest BCUT2D eigenvalue weighted by atomic mass is 10.1. The van der Waals surface area contributed by atoms with Gasteiger partial charge in [-0.25, -0.2) is 4.39 Å². The molecule has 3 rings (SSSR count). The second kappa shape index (κ2) is 9.04. The van der Waals surface area contributed by atoms with Crippen molar-refractivity contribution < 1.29 is 14.0 Å². The zero-order valence-electron chi connectivity index (χ0n) is 15.3. The van der Waals surface area contributed by atoms with Gasteiger partial charge in [0.25, 0.3) is 5.91 Å². The third-order valence-electron chi connectivity index (χ3n) is 4.58. The molecule has 0 aromatic heterocycles. The van der Waals surface area contributed by atoms with Crippen LogP contribution in [0.25, 0.3) is 0 Å². The summed E-state index contributed by atoms with van der Waals surface area (Å²) in [7, 11) is 0. The molecule has 1 aliphatic heterocycles. The molecule has 0 saturated carbocycles. The number of anilines is 1. The van der Waals surface area contributed by atoms with Crippen molar-refractivity contribution in [3.05, 3.63) is 59.4 Å². The highest BCUT2D eigenvalue weighted by molar-refractivity contribution is 7.99. The Bertz CT molecular complexity index is 835. The van der Waals surface area contributed by atoms with E-state index in [0.29, 0.717) is 21.9 Å². The van der Waals surface area contributed by atoms with Crippen molar-refractivity contribution >= 4 is 29.3 Å². The number of para-hydroxylation sites is 1. The number of carbonyl (C=O) groups is 2. The lowest BCUT2D eigenvalue weighted by molar-refractivity contribution is -0.115. The van der Waals surface area contributed by atoms with E-state index < -0.39 is 0 Å². The van der Waals surface area contributed by atoms with Crippen LogP contribution in [0, 0.1) is 12.7 Å². The average molecular weight is 386 g/mol. The first-order chi connectivity index (χ1) is 13.1. The van der Waals surface area contributed by atoms with Crippen molar-refractivity contribution in [2.24, 2.45) is 0 Å². The molecule has 2 aromatic rings. The smallest absolute Gasteiger partial charge is 0.255 e. The second-order valence-corrected chi connectivity index (χ2v) is 7.71. The lowest BCUT2D eigenvalue weighted by Crippen LogP contribution is -2.29. The maximum Gasteiger partial charge on any atom is 0.255 e. The number of amides is 2. The molecule has 0 bridgehead atoms. The van der Waals surface area contributed by atoms with Crippen LogP contribution in [0.5, 0.6) is 0 Å². The summed E-state index contributed by atoms with van der Waals surface area (Å²) in [5.74, 6) is -0.0234. The van der Waals surface area contributed by atoms with Gasteiger partial charge in [-0.3, -0.25) is 9.59 Å². The third kappa shape index (κ3) is 4.89. The summed E-state index contributed by atoms with van der Waals surface area (Å²) in [5, 5.41) is 2.89. The molecule has 1 aliphatic rings. The fourth-order valence-electron chi connectivity index (χ4n) is 3.12. The molecule has 0 radical (unpaired) electrons. The van der Waals surface area contributed by atoms with E-state index in [2.05, 4.69) is 5.32 Å². The minimum atomic E-state index is -0.277. The van der Waals surface area contributed by atoms with Gasteiger partial charge in [0.2, 0.25) is 5.91 Å². The van der Waals surface area contributed by atoms with Gasteiger partial charge < -0.3 is 10.2 Å². The van der Waals surface area contributed by atoms with E-state index in [-0.39, 0.29) is 24.1 Å². The molecular formula is C21H23FN2O2S. The first kappa shape index (κ1) is 19.4. The zero-order valence-corrected chi connectivity index (χ0v) is 16.2. The molecule has 142 valence electrons. The van der Waals surface area contributed by atoms with Gasteiger partial charge in [0, 0.05) is 30.2 Å². The maximum atomic E-state index is 13.6. The average Bonchev–Trinajstić information content (AvgIpc) is 3.19. The van der Waals surface area contributed by atoms with Crippen LogP contribution in [-0.4, -0.2) is 35.6 Å². The van der Waals surface area contributed by atoms with Gasteiger partial charge in [0.05, 0.1) is 11.3 Å². The molecule has 2 amide bonds. The molecule has 0 spiro atoms. The Kier molecular flexibility index (Phi) is 6.50. The SMILES string of the molecule is Cc1cccc(C(=O)N2CCCC2)c1NC(=O)CCSc1ccccc1F. The fourth-order valence-corrected chi connectivity index (χ4v) is 4.01. The van der Waals surface area contributed by atoms with Crippen LogP contribution in [0.4, 0.5) is 10.1 Å². The number of hydrogen-bond acceptors (Lipinski definition) is 3. The van der Waals surface area contributed by atoms with Crippen molar-refractivity contribution in [1.82, 2.24) is 4.90 Å². The van der Waals surface area contributed by atoms with Gasteiger partial charge in [-0.1, -0.05) is 24.3 Å². The minimum absolute atomic E-state index is 0.0350. The molecule has 2 aromatic carbocycles. The first-order valence-electron chi connectivity index (χ1n) is 9.12. The van der Waals surface area contributed by atoms with E-state index in [4.69, 9.17) is 0 Å². The Balaban J connectivity index is 1.63. The summed E-state index contributed by atoms with van der Waals surface area (Å²) >= 11 is 1.31.